The van der Waals surface area contributed by atoms with E-state index < -0.39 is 21.3 Å². The maximum atomic E-state index is 14.1. The predicted molar refractivity (Wildman–Crippen MR) is 110 cm³/mol. The lowest BCUT2D eigenvalue weighted by Crippen LogP contribution is -2.54. The summed E-state index contributed by atoms with van der Waals surface area (Å²) in [5.74, 6) is -0.945. The number of urea groups is 1. The molecular formula is C21H25F2N3O3S. The van der Waals surface area contributed by atoms with Crippen LogP contribution in [0.4, 0.5) is 13.6 Å². The number of sulfonamides is 1. The third kappa shape index (κ3) is 4.79. The maximum absolute atomic E-state index is 14.1. The second-order valence-electron chi connectivity index (χ2n) is 7.87. The Kier molecular flexibility index (Phi) is 6.42. The molecule has 3 rings (SSSR count). The highest BCUT2D eigenvalue weighted by Crippen LogP contribution is 2.25. The van der Waals surface area contributed by atoms with Crippen LogP contribution in [-0.2, 0) is 15.4 Å². The monoisotopic (exact) mass is 437 g/mol. The first-order valence-corrected chi connectivity index (χ1v) is 11.1. The summed E-state index contributed by atoms with van der Waals surface area (Å²) in [5.41, 5.74) is -0.0971. The fourth-order valence-corrected chi connectivity index (χ4v) is 4.88. The van der Waals surface area contributed by atoms with Crippen molar-refractivity contribution in [3.63, 3.8) is 0 Å². The minimum Gasteiger partial charge on any atom is -0.337 e. The van der Waals surface area contributed by atoms with Crippen LogP contribution in [0.25, 0.3) is 0 Å². The van der Waals surface area contributed by atoms with E-state index in [0.717, 1.165) is 6.07 Å². The molecule has 0 radical (unpaired) electrons. The number of carbonyl (C=O) groups excluding carboxylic acids is 1. The molecule has 1 fully saturated rings. The Balaban J connectivity index is 1.57. The number of hydrogen-bond acceptors (Lipinski definition) is 3. The lowest BCUT2D eigenvalue weighted by Gasteiger charge is -2.35. The number of carbonyl (C=O) groups is 1. The van der Waals surface area contributed by atoms with E-state index in [4.69, 9.17) is 0 Å². The Morgan fingerprint density at radius 3 is 2.33 bits per heavy atom. The molecule has 1 saturated heterocycles. The average Bonchev–Trinajstić information content (AvgIpc) is 2.72. The van der Waals surface area contributed by atoms with E-state index in [1.165, 1.54) is 33.5 Å². The van der Waals surface area contributed by atoms with Crippen LogP contribution in [0, 0.1) is 11.6 Å². The molecule has 2 aromatic carbocycles. The standard InChI is InChI=1S/C21H25F2N3O3S/c1-21(2,18-8-3-4-9-19(18)23)15-24-20(27)25-10-12-26(13-11-25)30(28,29)17-7-5-6-16(22)14-17/h3-9,14H,10-13,15H2,1-2H3,(H,24,27). The molecule has 1 N–H and O–H groups in total. The van der Waals surface area contributed by atoms with Crippen molar-refractivity contribution in [2.24, 2.45) is 0 Å². The minimum absolute atomic E-state index is 0.105. The highest BCUT2D eigenvalue weighted by molar-refractivity contribution is 7.89. The van der Waals surface area contributed by atoms with Gasteiger partial charge in [0.05, 0.1) is 4.90 Å². The number of nitrogens with zero attached hydrogens (tertiary/aromatic N) is 2. The van der Waals surface area contributed by atoms with Gasteiger partial charge in [0, 0.05) is 38.1 Å². The smallest absolute Gasteiger partial charge is 0.317 e. The molecule has 0 aromatic heterocycles. The largest absolute Gasteiger partial charge is 0.337 e. The van der Waals surface area contributed by atoms with Crippen LogP contribution in [0.1, 0.15) is 19.4 Å². The first kappa shape index (κ1) is 22.2. The fraction of sp³-hybridized carbons (Fsp3) is 0.381. The van der Waals surface area contributed by atoms with Gasteiger partial charge in [-0.25, -0.2) is 22.0 Å². The van der Waals surface area contributed by atoms with Gasteiger partial charge in [0.1, 0.15) is 11.6 Å². The molecule has 0 aliphatic carbocycles. The summed E-state index contributed by atoms with van der Waals surface area (Å²) in [6, 6.07) is 11.0. The Morgan fingerprint density at radius 2 is 1.70 bits per heavy atom. The summed E-state index contributed by atoms with van der Waals surface area (Å²) in [5, 5.41) is 2.81. The topological polar surface area (TPSA) is 69.7 Å². The van der Waals surface area contributed by atoms with E-state index in [0.29, 0.717) is 5.56 Å². The highest BCUT2D eigenvalue weighted by Gasteiger charge is 2.31. The second-order valence-corrected chi connectivity index (χ2v) is 9.81. The van der Waals surface area contributed by atoms with Crippen molar-refractivity contribution >= 4 is 16.1 Å². The lowest BCUT2D eigenvalue weighted by atomic mass is 9.84. The first-order valence-electron chi connectivity index (χ1n) is 9.65. The zero-order chi connectivity index (χ0) is 21.9. The van der Waals surface area contributed by atoms with E-state index in [1.54, 1.807) is 18.2 Å². The number of hydrogen-bond donors (Lipinski definition) is 1. The number of benzene rings is 2. The molecule has 0 bridgehead atoms. The van der Waals surface area contributed by atoms with E-state index in [1.807, 2.05) is 13.8 Å². The third-order valence-electron chi connectivity index (χ3n) is 5.24. The van der Waals surface area contributed by atoms with Crippen LogP contribution in [0.5, 0.6) is 0 Å². The summed E-state index contributed by atoms with van der Waals surface area (Å²) in [6.45, 7) is 4.56. The molecule has 9 heteroatoms. The molecule has 1 heterocycles. The minimum atomic E-state index is -3.82. The molecule has 30 heavy (non-hydrogen) atoms. The van der Waals surface area contributed by atoms with E-state index in [2.05, 4.69) is 5.32 Å². The maximum Gasteiger partial charge on any atom is 0.317 e. The molecule has 0 spiro atoms. The summed E-state index contributed by atoms with van der Waals surface area (Å²) in [7, 11) is -3.82. The van der Waals surface area contributed by atoms with Crippen LogP contribution >= 0.6 is 0 Å². The van der Waals surface area contributed by atoms with Gasteiger partial charge in [-0.15, -0.1) is 0 Å². The molecule has 6 nitrogen and oxygen atoms in total. The molecule has 0 saturated carbocycles. The molecule has 1 aliphatic rings. The van der Waals surface area contributed by atoms with Crippen LogP contribution in [0.3, 0.4) is 0 Å². The summed E-state index contributed by atoms with van der Waals surface area (Å²) >= 11 is 0. The Morgan fingerprint density at radius 1 is 1.03 bits per heavy atom. The van der Waals surface area contributed by atoms with Gasteiger partial charge in [-0.3, -0.25) is 0 Å². The number of halogens is 2. The van der Waals surface area contributed by atoms with E-state index in [9.17, 15) is 22.0 Å². The van der Waals surface area contributed by atoms with Gasteiger partial charge in [-0.05, 0) is 29.8 Å². The predicted octanol–water partition coefficient (Wildman–Crippen LogP) is 2.96. The second kappa shape index (κ2) is 8.69. The van der Waals surface area contributed by atoms with Crippen molar-refractivity contribution in [3.8, 4) is 0 Å². The summed E-state index contributed by atoms with van der Waals surface area (Å²) in [4.78, 5) is 14.0. The number of amides is 2. The SMILES string of the molecule is CC(C)(CNC(=O)N1CCN(S(=O)(=O)c2cccc(F)c2)CC1)c1ccccc1F. The zero-order valence-corrected chi connectivity index (χ0v) is 17.8. The molecule has 1 aliphatic heterocycles. The third-order valence-corrected chi connectivity index (χ3v) is 7.14. The van der Waals surface area contributed by atoms with Crippen LogP contribution in [0.2, 0.25) is 0 Å². The van der Waals surface area contributed by atoms with Gasteiger partial charge in [-0.2, -0.15) is 4.31 Å². The first-order chi connectivity index (χ1) is 14.1. The number of nitrogens with one attached hydrogen (secondary N) is 1. The van der Waals surface area contributed by atoms with Gasteiger partial charge in [0.15, 0.2) is 0 Å². The number of rotatable bonds is 5. The van der Waals surface area contributed by atoms with Gasteiger partial charge in [0.2, 0.25) is 10.0 Å². The van der Waals surface area contributed by atoms with Crippen LogP contribution in [-0.4, -0.2) is 56.4 Å². The Hall–Kier alpha value is -2.52. The molecule has 162 valence electrons. The van der Waals surface area contributed by atoms with E-state index >= 15 is 0 Å². The van der Waals surface area contributed by atoms with Gasteiger partial charge in [-0.1, -0.05) is 38.1 Å². The summed E-state index contributed by atoms with van der Waals surface area (Å²) < 4.78 is 54.0. The molecular weight excluding hydrogens is 412 g/mol. The van der Waals surface area contributed by atoms with E-state index in [-0.39, 0.29) is 49.5 Å². The van der Waals surface area contributed by atoms with Crippen molar-refractivity contribution < 1.29 is 22.0 Å². The average molecular weight is 438 g/mol. The van der Waals surface area contributed by atoms with Gasteiger partial charge in [0.25, 0.3) is 0 Å². The molecule has 2 aromatic rings. The van der Waals surface area contributed by atoms with Crippen molar-refractivity contribution in [2.45, 2.75) is 24.2 Å². The molecule has 0 unspecified atom stereocenters. The number of piperazine rings is 1. The van der Waals surface area contributed by atoms with Crippen LogP contribution in [0.15, 0.2) is 53.4 Å². The van der Waals surface area contributed by atoms with Crippen LogP contribution < -0.4 is 5.32 Å². The lowest BCUT2D eigenvalue weighted by molar-refractivity contribution is 0.170. The van der Waals surface area contributed by atoms with Gasteiger partial charge >= 0.3 is 6.03 Å². The van der Waals surface area contributed by atoms with Crippen molar-refractivity contribution in [3.05, 3.63) is 65.7 Å². The van der Waals surface area contributed by atoms with Crippen molar-refractivity contribution in [1.29, 1.82) is 0 Å². The zero-order valence-electron chi connectivity index (χ0n) is 16.9. The Bertz CT molecular complexity index is 1020. The van der Waals surface area contributed by atoms with Gasteiger partial charge < -0.3 is 10.2 Å². The highest BCUT2D eigenvalue weighted by atomic mass is 32.2. The van der Waals surface area contributed by atoms with Crippen molar-refractivity contribution in [1.82, 2.24) is 14.5 Å². The normalized spacial score (nSPS) is 15.8. The molecule has 2 amide bonds. The Labute approximate surface area is 175 Å². The summed E-state index contributed by atoms with van der Waals surface area (Å²) in [6.07, 6.45) is 0. The molecule has 0 atom stereocenters. The van der Waals surface area contributed by atoms with Crippen molar-refractivity contribution in [2.75, 3.05) is 32.7 Å². The fourth-order valence-electron chi connectivity index (χ4n) is 3.42. The quantitative estimate of drug-likeness (QED) is 0.782.